The smallest absolute Gasteiger partial charge is 0.0589 e. The number of likely N-dealkylation sites (N-methyl/N-ethyl adjacent to an activating group) is 1. The average Bonchev–Trinajstić information content (AvgIpc) is 2.27. The second kappa shape index (κ2) is 6.84. The maximum atomic E-state index is 5.43. The van der Waals surface area contributed by atoms with Gasteiger partial charge in [0, 0.05) is 38.7 Å². The molecule has 0 saturated carbocycles. The van der Waals surface area contributed by atoms with Crippen molar-refractivity contribution in [3.05, 3.63) is 0 Å². The molecule has 1 fully saturated rings. The summed E-state index contributed by atoms with van der Waals surface area (Å²) in [4.78, 5) is 2.36. The van der Waals surface area contributed by atoms with E-state index < -0.39 is 0 Å². The van der Waals surface area contributed by atoms with Gasteiger partial charge in [0.15, 0.2) is 0 Å². The van der Waals surface area contributed by atoms with Crippen LogP contribution >= 0.6 is 15.9 Å². The van der Waals surface area contributed by atoms with Crippen LogP contribution in [-0.4, -0.2) is 57.3 Å². The first-order valence-electron chi connectivity index (χ1n) is 5.54. The summed E-state index contributed by atoms with van der Waals surface area (Å²) in [6.07, 6.45) is 2.32. The summed E-state index contributed by atoms with van der Waals surface area (Å²) >= 11 is 3.65. The lowest BCUT2D eigenvalue weighted by molar-refractivity contribution is 0.00915. The number of nitrogens with zero attached hydrogens (tertiary/aromatic N) is 1. The molecule has 1 rings (SSSR count). The lowest BCUT2D eigenvalue weighted by Crippen LogP contribution is -2.42. The molecule has 90 valence electrons. The lowest BCUT2D eigenvalue weighted by atomic mass is 9.82. The molecule has 0 radical (unpaired) electrons. The van der Waals surface area contributed by atoms with E-state index in [4.69, 9.17) is 9.47 Å². The van der Waals surface area contributed by atoms with Crippen LogP contribution in [0.15, 0.2) is 0 Å². The largest absolute Gasteiger partial charge is 0.383 e. The predicted molar refractivity (Wildman–Crippen MR) is 65.7 cm³/mol. The molecule has 1 heterocycles. The number of alkyl halides is 1. The molecule has 0 aromatic carbocycles. The molecule has 0 aromatic heterocycles. The zero-order valence-corrected chi connectivity index (χ0v) is 11.4. The van der Waals surface area contributed by atoms with E-state index in [9.17, 15) is 0 Å². The highest BCUT2D eigenvalue weighted by Gasteiger charge is 2.32. The summed E-state index contributed by atoms with van der Waals surface area (Å²) in [6.45, 7) is 4.76. The van der Waals surface area contributed by atoms with Crippen LogP contribution in [0.1, 0.15) is 12.8 Å². The Balaban J connectivity index is 2.37. The Morgan fingerprint density at radius 2 is 2.07 bits per heavy atom. The van der Waals surface area contributed by atoms with Crippen LogP contribution < -0.4 is 0 Å². The Morgan fingerprint density at radius 3 is 2.60 bits per heavy atom. The van der Waals surface area contributed by atoms with Gasteiger partial charge in [0.25, 0.3) is 0 Å². The zero-order valence-electron chi connectivity index (χ0n) is 9.80. The Labute approximate surface area is 101 Å². The maximum absolute atomic E-state index is 5.43. The number of halogens is 1. The molecule has 0 unspecified atom stereocenters. The van der Waals surface area contributed by atoms with Crippen molar-refractivity contribution in [2.45, 2.75) is 12.8 Å². The summed E-state index contributed by atoms with van der Waals surface area (Å²) in [5.41, 5.74) is 0.404. The summed E-state index contributed by atoms with van der Waals surface area (Å²) < 4.78 is 10.5. The second-order valence-corrected chi connectivity index (χ2v) is 5.04. The highest BCUT2D eigenvalue weighted by Crippen LogP contribution is 2.33. The van der Waals surface area contributed by atoms with Crippen molar-refractivity contribution in [3.63, 3.8) is 0 Å². The van der Waals surface area contributed by atoms with E-state index in [0.717, 1.165) is 51.1 Å². The molecule has 0 atom stereocenters. The van der Waals surface area contributed by atoms with Gasteiger partial charge in [-0.25, -0.2) is 0 Å². The summed E-state index contributed by atoms with van der Waals surface area (Å²) in [5, 5.41) is 1.07. The van der Waals surface area contributed by atoms with Gasteiger partial charge < -0.3 is 14.4 Å². The average molecular weight is 280 g/mol. The van der Waals surface area contributed by atoms with Gasteiger partial charge in [-0.2, -0.15) is 0 Å². The highest BCUT2D eigenvalue weighted by atomic mass is 79.9. The van der Waals surface area contributed by atoms with Crippen molar-refractivity contribution >= 4 is 15.9 Å². The fourth-order valence-electron chi connectivity index (χ4n) is 2.04. The van der Waals surface area contributed by atoms with Crippen molar-refractivity contribution < 1.29 is 9.47 Å². The van der Waals surface area contributed by atoms with Crippen LogP contribution in [0, 0.1) is 5.41 Å². The Bertz CT molecular complexity index is 172. The van der Waals surface area contributed by atoms with Crippen LogP contribution in [0.25, 0.3) is 0 Å². The summed E-state index contributed by atoms with van der Waals surface area (Å²) in [5.74, 6) is 0. The van der Waals surface area contributed by atoms with Crippen LogP contribution in [0.5, 0.6) is 0 Å². The van der Waals surface area contributed by atoms with E-state index in [0.29, 0.717) is 5.41 Å². The fourth-order valence-corrected chi connectivity index (χ4v) is 2.78. The van der Waals surface area contributed by atoms with E-state index in [1.807, 2.05) is 0 Å². The molecule has 3 nitrogen and oxygen atoms in total. The Hall–Kier alpha value is 0.360. The molecule has 1 saturated heterocycles. The fraction of sp³-hybridized carbons (Fsp3) is 1.00. The third-order valence-electron chi connectivity index (χ3n) is 3.12. The van der Waals surface area contributed by atoms with E-state index in [2.05, 4.69) is 27.9 Å². The van der Waals surface area contributed by atoms with Crippen LogP contribution in [0.4, 0.5) is 0 Å². The lowest BCUT2D eigenvalue weighted by Gasteiger charge is -2.38. The SMILES string of the molecule is COCCN(C)CC1(CBr)CCOCC1. The third-order valence-corrected chi connectivity index (χ3v) is 4.31. The minimum Gasteiger partial charge on any atom is -0.383 e. The Morgan fingerprint density at radius 1 is 1.40 bits per heavy atom. The molecule has 4 heteroatoms. The van der Waals surface area contributed by atoms with Crippen molar-refractivity contribution in [1.82, 2.24) is 4.90 Å². The molecule has 1 aliphatic rings. The van der Waals surface area contributed by atoms with Gasteiger partial charge in [-0.05, 0) is 25.3 Å². The van der Waals surface area contributed by atoms with Crippen molar-refractivity contribution in [1.29, 1.82) is 0 Å². The van der Waals surface area contributed by atoms with Crippen LogP contribution in [0.2, 0.25) is 0 Å². The van der Waals surface area contributed by atoms with E-state index in [1.54, 1.807) is 7.11 Å². The second-order valence-electron chi connectivity index (χ2n) is 4.48. The number of rotatable bonds is 6. The summed E-state index contributed by atoms with van der Waals surface area (Å²) in [7, 11) is 3.92. The molecule has 0 spiro atoms. The topological polar surface area (TPSA) is 21.7 Å². The van der Waals surface area contributed by atoms with Crippen molar-refractivity contribution in [3.8, 4) is 0 Å². The molecule has 1 aliphatic heterocycles. The minimum atomic E-state index is 0.404. The zero-order chi connectivity index (χ0) is 11.1. The van der Waals surface area contributed by atoms with Gasteiger partial charge in [-0.15, -0.1) is 0 Å². The molecule has 0 amide bonds. The molecule has 0 aromatic rings. The highest BCUT2D eigenvalue weighted by molar-refractivity contribution is 9.09. The number of hydrogen-bond acceptors (Lipinski definition) is 3. The van der Waals surface area contributed by atoms with E-state index in [1.165, 1.54) is 0 Å². The number of hydrogen-bond donors (Lipinski definition) is 0. The monoisotopic (exact) mass is 279 g/mol. The first-order valence-corrected chi connectivity index (χ1v) is 6.66. The normalized spacial score (nSPS) is 20.8. The molecule has 0 bridgehead atoms. The molecular formula is C11H22BrNO2. The van der Waals surface area contributed by atoms with E-state index >= 15 is 0 Å². The van der Waals surface area contributed by atoms with Gasteiger partial charge in [0.1, 0.15) is 0 Å². The number of ether oxygens (including phenoxy) is 2. The molecule has 0 aliphatic carbocycles. The minimum absolute atomic E-state index is 0.404. The van der Waals surface area contributed by atoms with Gasteiger partial charge in [-0.1, -0.05) is 15.9 Å². The molecule has 0 N–H and O–H groups in total. The van der Waals surface area contributed by atoms with Gasteiger partial charge in [-0.3, -0.25) is 0 Å². The van der Waals surface area contributed by atoms with Gasteiger partial charge in [0.05, 0.1) is 6.61 Å². The number of methoxy groups -OCH3 is 1. The van der Waals surface area contributed by atoms with Gasteiger partial charge in [0.2, 0.25) is 0 Å². The first kappa shape index (κ1) is 13.4. The van der Waals surface area contributed by atoms with Gasteiger partial charge >= 0.3 is 0 Å². The standard InChI is InChI=1S/C11H22BrNO2/c1-13(5-8-14-2)10-11(9-12)3-6-15-7-4-11/h3-10H2,1-2H3. The van der Waals surface area contributed by atoms with Crippen LogP contribution in [0.3, 0.4) is 0 Å². The van der Waals surface area contributed by atoms with E-state index in [-0.39, 0.29) is 0 Å². The maximum Gasteiger partial charge on any atom is 0.0589 e. The molecular weight excluding hydrogens is 258 g/mol. The van der Waals surface area contributed by atoms with Crippen molar-refractivity contribution in [2.75, 3.05) is 52.4 Å². The summed E-state index contributed by atoms with van der Waals surface area (Å²) in [6, 6.07) is 0. The Kier molecular flexibility index (Phi) is 6.12. The quantitative estimate of drug-likeness (QED) is 0.692. The molecule has 15 heavy (non-hydrogen) atoms. The third kappa shape index (κ3) is 4.39. The predicted octanol–water partition coefficient (Wildman–Crippen LogP) is 1.76. The van der Waals surface area contributed by atoms with Crippen molar-refractivity contribution in [2.24, 2.45) is 5.41 Å². The first-order chi connectivity index (χ1) is 7.22. The van der Waals surface area contributed by atoms with Crippen LogP contribution in [-0.2, 0) is 9.47 Å².